The molecule has 5 nitrogen and oxygen atoms in total. The van der Waals surface area contributed by atoms with Crippen LogP contribution in [0.1, 0.15) is 25.3 Å². The van der Waals surface area contributed by atoms with Crippen LogP contribution in [0.2, 0.25) is 0 Å². The molecule has 0 aliphatic carbocycles. The van der Waals surface area contributed by atoms with Gasteiger partial charge in [-0.1, -0.05) is 61.6 Å². The minimum absolute atomic E-state index is 0.154. The summed E-state index contributed by atoms with van der Waals surface area (Å²) in [7, 11) is 0. The van der Waals surface area contributed by atoms with Crippen molar-refractivity contribution in [3.63, 3.8) is 0 Å². The van der Waals surface area contributed by atoms with Crippen molar-refractivity contribution in [3.05, 3.63) is 78.4 Å². The maximum absolute atomic E-state index is 13.7. The minimum Gasteiger partial charge on any atom is -0.485 e. The van der Waals surface area contributed by atoms with E-state index in [4.69, 9.17) is 14.5 Å². The van der Waals surface area contributed by atoms with E-state index >= 15 is 0 Å². The molecule has 0 fully saturated rings. The number of fused-ring (bicyclic) bond motifs is 2. The summed E-state index contributed by atoms with van der Waals surface area (Å²) in [5.41, 5.74) is 2.84. The smallest absolute Gasteiger partial charge is 0.278 e. The van der Waals surface area contributed by atoms with Crippen molar-refractivity contribution in [2.45, 2.75) is 25.9 Å². The van der Waals surface area contributed by atoms with Gasteiger partial charge in [-0.2, -0.15) is 0 Å². The number of anilines is 2. The van der Waals surface area contributed by atoms with Crippen molar-refractivity contribution in [2.24, 2.45) is 0 Å². The second kappa shape index (κ2) is 8.04. The number of thiazole rings is 1. The fourth-order valence-electron chi connectivity index (χ4n) is 3.58. The fourth-order valence-corrected chi connectivity index (χ4v) is 4.57. The molecule has 1 aliphatic rings. The lowest BCUT2D eigenvalue weighted by molar-refractivity contribution is -0.126. The van der Waals surface area contributed by atoms with Crippen molar-refractivity contribution in [3.8, 4) is 11.5 Å². The maximum atomic E-state index is 13.7. The van der Waals surface area contributed by atoms with Crippen LogP contribution in [0.25, 0.3) is 10.2 Å². The number of hydrogen-bond donors (Lipinski definition) is 0. The highest BCUT2D eigenvalue weighted by Gasteiger charge is 2.34. The number of para-hydroxylation sites is 3. The Balaban J connectivity index is 1.54. The average Bonchev–Trinajstić information content (AvgIpc) is 3.22. The second-order valence-corrected chi connectivity index (χ2v) is 8.76. The van der Waals surface area contributed by atoms with E-state index in [2.05, 4.69) is 26.0 Å². The molecule has 0 radical (unpaired) electrons. The van der Waals surface area contributed by atoms with Crippen LogP contribution in [0.3, 0.4) is 0 Å². The van der Waals surface area contributed by atoms with Crippen LogP contribution in [0.5, 0.6) is 11.5 Å². The zero-order valence-corrected chi connectivity index (χ0v) is 18.1. The number of benzene rings is 3. The maximum Gasteiger partial charge on any atom is 0.278 e. The van der Waals surface area contributed by atoms with Crippen LogP contribution in [0.15, 0.2) is 72.8 Å². The molecule has 0 saturated carbocycles. The summed E-state index contributed by atoms with van der Waals surface area (Å²) >= 11 is 1.49. The molecule has 0 spiro atoms. The van der Waals surface area contributed by atoms with E-state index in [1.165, 1.54) is 16.9 Å². The molecule has 1 aliphatic heterocycles. The number of amides is 1. The monoisotopic (exact) mass is 430 g/mol. The molecule has 31 heavy (non-hydrogen) atoms. The average molecular weight is 431 g/mol. The molecular formula is C25H22N2O3S. The van der Waals surface area contributed by atoms with Crippen LogP contribution in [0, 0.1) is 0 Å². The number of carbonyl (C=O) groups excluding carboxylic acids is 1. The normalized spacial score (nSPS) is 15.3. The van der Waals surface area contributed by atoms with Crippen molar-refractivity contribution in [2.75, 3.05) is 11.5 Å². The number of aromatic nitrogens is 1. The zero-order chi connectivity index (χ0) is 21.4. The van der Waals surface area contributed by atoms with E-state index in [1.54, 1.807) is 4.90 Å². The summed E-state index contributed by atoms with van der Waals surface area (Å²) in [6, 6.07) is 23.3. The van der Waals surface area contributed by atoms with Crippen molar-refractivity contribution in [1.82, 2.24) is 4.98 Å². The SMILES string of the molecule is CC(C)c1ccc(N(C(=O)[C@@H]2COc3ccccc3O2)c2nc3ccccc3s2)cc1. The minimum atomic E-state index is -0.758. The molecule has 1 aromatic heterocycles. The fraction of sp³-hybridized carbons (Fsp3) is 0.200. The quantitative estimate of drug-likeness (QED) is 0.403. The molecule has 5 rings (SSSR count). The molecule has 0 saturated heterocycles. The van der Waals surface area contributed by atoms with Crippen LogP contribution >= 0.6 is 11.3 Å². The van der Waals surface area contributed by atoms with Crippen molar-refractivity contribution >= 4 is 38.3 Å². The summed E-state index contributed by atoms with van der Waals surface area (Å²) < 4.78 is 12.8. The molecule has 0 N–H and O–H groups in total. The van der Waals surface area contributed by atoms with Crippen molar-refractivity contribution in [1.29, 1.82) is 0 Å². The molecule has 4 aromatic rings. The molecule has 2 heterocycles. The first-order chi connectivity index (χ1) is 15.1. The molecule has 0 unspecified atom stereocenters. The lowest BCUT2D eigenvalue weighted by Crippen LogP contribution is -2.44. The summed E-state index contributed by atoms with van der Waals surface area (Å²) in [6.45, 7) is 4.45. The van der Waals surface area contributed by atoms with Gasteiger partial charge >= 0.3 is 0 Å². The third-order valence-corrected chi connectivity index (χ3v) is 6.32. The molecule has 0 bridgehead atoms. The summed E-state index contributed by atoms with van der Waals surface area (Å²) in [5.74, 6) is 1.43. The Labute approximate surface area is 184 Å². The summed E-state index contributed by atoms with van der Waals surface area (Å²) in [4.78, 5) is 20.1. The summed E-state index contributed by atoms with van der Waals surface area (Å²) in [5, 5.41) is 0.617. The topological polar surface area (TPSA) is 51.7 Å². The molecule has 1 atom stereocenters. The van der Waals surface area contributed by atoms with E-state index in [1.807, 2.05) is 60.7 Å². The van der Waals surface area contributed by atoms with Crippen LogP contribution in [-0.2, 0) is 4.79 Å². The van der Waals surface area contributed by atoms with Gasteiger partial charge in [-0.05, 0) is 47.9 Å². The Morgan fingerprint density at radius 3 is 2.45 bits per heavy atom. The highest BCUT2D eigenvalue weighted by molar-refractivity contribution is 7.22. The third kappa shape index (κ3) is 3.75. The number of carbonyl (C=O) groups is 1. The number of rotatable bonds is 4. The van der Waals surface area contributed by atoms with Gasteiger partial charge in [0, 0.05) is 0 Å². The summed E-state index contributed by atoms with van der Waals surface area (Å²) in [6.07, 6.45) is -0.758. The Kier molecular flexibility index (Phi) is 5.08. The van der Waals surface area contributed by atoms with Gasteiger partial charge in [0.15, 0.2) is 16.6 Å². The van der Waals surface area contributed by atoms with Gasteiger partial charge in [-0.3, -0.25) is 9.69 Å². The first kappa shape index (κ1) is 19.6. The predicted molar refractivity (Wildman–Crippen MR) is 124 cm³/mol. The van der Waals surface area contributed by atoms with Crippen molar-refractivity contribution < 1.29 is 14.3 Å². The lowest BCUT2D eigenvalue weighted by Gasteiger charge is -2.29. The Hall–Kier alpha value is -3.38. The van der Waals surface area contributed by atoms with Crippen LogP contribution in [0.4, 0.5) is 10.8 Å². The Bertz CT molecular complexity index is 1200. The van der Waals surface area contributed by atoms with Gasteiger partial charge in [-0.15, -0.1) is 0 Å². The van der Waals surface area contributed by atoms with Gasteiger partial charge in [0.05, 0.1) is 15.9 Å². The number of ether oxygens (including phenoxy) is 2. The van der Waals surface area contributed by atoms with E-state index in [0.717, 1.165) is 15.9 Å². The van der Waals surface area contributed by atoms with E-state index < -0.39 is 6.10 Å². The Morgan fingerprint density at radius 2 is 1.71 bits per heavy atom. The van der Waals surface area contributed by atoms with Gasteiger partial charge in [0.2, 0.25) is 6.10 Å². The Morgan fingerprint density at radius 1 is 1.00 bits per heavy atom. The molecule has 156 valence electrons. The number of nitrogens with zero attached hydrogens (tertiary/aromatic N) is 2. The number of hydrogen-bond acceptors (Lipinski definition) is 5. The van der Waals surface area contributed by atoms with Gasteiger partial charge in [0.1, 0.15) is 6.61 Å². The van der Waals surface area contributed by atoms with Crippen LogP contribution in [-0.4, -0.2) is 23.6 Å². The predicted octanol–water partition coefficient (Wildman–Crippen LogP) is 5.92. The first-order valence-electron chi connectivity index (χ1n) is 10.3. The lowest BCUT2D eigenvalue weighted by atomic mass is 10.0. The van der Waals surface area contributed by atoms with E-state index in [0.29, 0.717) is 22.5 Å². The molecule has 6 heteroatoms. The largest absolute Gasteiger partial charge is 0.485 e. The standard InChI is InChI=1S/C25H22N2O3S/c1-16(2)17-11-13-18(14-12-17)27(25-26-19-7-3-6-10-23(19)31-25)24(28)22-15-29-20-8-4-5-9-21(20)30-22/h3-14,16,22H,15H2,1-2H3/t22-/m0/s1. The second-order valence-electron chi connectivity index (χ2n) is 7.75. The highest BCUT2D eigenvalue weighted by atomic mass is 32.1. The molecule has 3 aromatic carbocycles. The first-order valence-corrected chi connectivity index (χ1v) is 11.1. The highest BCUT2D eigenvalue weighted by Crippen LogP contribution is 2.37. The van der Waals surface area contributed by atoms with Gasteiger partial charge < -0.3 is 9.47 Å². The zero-order valence-electron chi connectivity index (χ0n) is 17.3. The van der Waals surface area contributed by atoms with Gasteiger partial charge in [-0.25, -0.2) is 4.98 Å². The van der Waals surface area contributed by atoms with Crippen LogP contribution < -0.4 is 14.4 Å². The molecule has 1 amide bonds. The third-order valence-electron chi connectivity index (χ3n) is 5.30. The van der Waals surface area contributed by atoms with Gasteiger partial charge in [0.25, 0.3) is 5.91 Å². The van der Waals surface area contributed by atoms with E-state index in [9.17, 15) is 4.79 Å². The molecular weight excluding hydrogens is 408 g/mol. The van der Waals surface area contributed by atoms with E-state index in [-0.39, 0.29) is 12.5 Å².